The molecule has 0 bridgehead atoms. The second kappa shape index (κ2) is 7.03. The van der Waals surface area contributed by atoms with E-state index in [1.54, 1.807) is 0 Å². The summed E-state index contributed by atoms with van der Waals surface area (Å²) in [6.07, 6.45) is 0. The van der Waals surface area contributed by atoms with Crippen LogP contribution in [0.15, 0.2) is 71.8 Å². The van der Waals surface area contributed by atoms with Crippen molar-refractivity contribution in [1.29, 1.82) is 0 Å². The van der Waals surface area contributed by atoms with Gasteiger partial charge in [-0.15, -0.1) is 0 Å². The van der Waals surface area contributed by atoms with Crippen molar-refractivity contribution in [2.75, 3.05) is 0 Å². The molecule has 0 saturated heterocycles. The summed E-state index contributed by atoms with van der Waals surface area (Å²) in [4.78, 5) is 0. The summed E-state index contributed by atoms with van der Waals surface area (Å²) >= 11 is 0. The fraction of sp³-hybridized carbons (Fsp3) is 0.100. The fourth-order valence-corrected chi connectivity index (χ4v) is 1.56. The molecule has 96 valence electrons. The number of hydrogen-bond donors (Lipinski definition) is 0. The highest BCUT2D eigenvalue weighted by Crippen LogP contribution is 2.03. The van der Waals surface area contributed by atoms with Crippen LogP contribution in [0.5, 0.6) is 0 Å². The van der Waals surface area contributed by atoms with Gasteiger partial charge < -0.3 is 0 Å². The van der Waals surface area contributed by atoms with Crippen LogP contribution in [0.25, 0.3) is 0 Å². The highest BCUT2D eigenvalue weighted by Gasteiger charge is 1.90. The minimum Gasteiger partial charge on any atom is -0.0655 e. The van der Waals surface area contributed by atoms with E-state index >= 15 is 0 Å². The van der Waals surface area contributed by atoms with Crippen LogP contribution in [0.2, 0.25) is 0 Å². The summed E-state index contributed by atoms with van der Waals surface area (Å²) in [5.41, 5.74) is 4.07. The van der Waals surface area contributed by atoms with Crippen molar-refractivity contribution in [2.24, 2.45) is 0 Å². The summed E-state index contributed by atoms with van der Waals surface area (Å²) in [6.45, 7) is 4.01. The maximum absolute atomic E-state index is 3.16. The Morgan fingerprint density at radius 1 is 0.600 bits per heavy atom. The topological polar surface area (TPSA) is 0 Å². The van der Waals surface area contributed by atoms with Crippen molar-refractivity contribution >= 4 is 0 Å². The average Bonchev–Trinajstić information content (AvgIpc) is 2.52. The molecule has 0 radical (unpaired) electrons. The van der Waals surface area contributed by atoms with Crippen LogP contribution in [-0.4, -0.2) is 0 Å². The highest BCUT2D eigenvalue weighted by molar-refractivity contribution is 5.47. The van der Waals surface area contributed by atoms with Crippen molar-refractivity contribution in [3.63, 3.8) is 0 Å². The first-order valence-corrected chi connectivity index (χ1v) is 6.57. The average molecular weight is 256 g/mol. The maximum atomic E-state index is 3.16. The van der Waals surface area contributed by atoms with Gasteiger partial charge in [-0.3, -0.25) is 0 Å². The molecule has 0 spiro atoms. The van der Waals surface area contributed by atoms with Crippen LogP contribution < -0.4 is 0 Å². The smallest absolute Gasteiger partial charge is 0.0248 e. The molecule has 0 atom stereocenters. The van der Waals surface area contributed by atoms with E-state index in [1.165, 1.54) is 0 Å². The van der Waals surface area contributed by atoms with E-state index in [1.807, 2.05) is 74.5 Å². The summed E-state index contributed by atoms with van der Waals surface area (Å²) in [5.74, 6) is 12.6. The van der Waals surface area contributed by atoms with Crippen molar-refractivity contribution in [1.82, 2.24) is 0 Å². The Kier molecular flexibility index (Phi) is 4.82. The number of allylic oxidation sites excluding steroid dienone is 2. The second-order valence-corrected chi connectivity index (χ2v) is 4.48. The first kappa shape index (κ1) is 13.7. The van der Waals surface area contributed by atoms with E-state index < -0.39 is 0 Å². The zero-order valence-electron chi connectivity index (χ0n) is 11.8. The van der Waals surface area contributed by atoms with Gasteiger partial charge in [-0.1, -0.05) is 60.1 Å². The van der Waals surface area contributed by atoms with Crippen LogP contribution in [0.3, 0.4) is 0 Å². The molecule has 2 aromatic rings. The fourth-order valence-electron chi connectivity index (χ4n) is 1.56. The predicted octanol–water partition coefficient (Wildman–Crippen LogP) is 4.43. The number of benzene rings is 2. The zero-order chi connectivity index (χ0) is 14.2. The molecular weight excluding hydrogens is 240 g/mol. The van der Waals surface area contributed by atoms with Gasteiger partial charge in [-0.25, -0.2) is 0 Å². The van der Waals surface area contributed by atoms with Crippen molar-refractivity contribution in [2.45, 2.75) is 13.8 Å². The van der Waals surface area contributed by atoms with E-state index in [0.29, 0.717) is 0 Å². The van der Waals surface area contributed by atoms with Crippen LogP contribution >= 0.6 is 0 Å². The van der Waals surface area contributed by atoms with Gasteiger partial charge in [-0.2, -0.15) is 0 Å². The van der Waals surface area contributed by atoms with Crippen molar-refractivity contribution < 1.29 is 0 Å². The Hall–Kier alpha value is -2.70. The summed E-state index contributed by atoms with van der Waals surface area (Å²) < 4.78 is 0. The molecule has 20 heavy (non-hydrogen) atoms. The predicted molar refractivity (Wildman–Crippen MR) is 85.0 cm³/mol. The molecule has 0 saturated carbocycles. The van der Waals surface area contributed by atoms with E-state index in [-0.39, 0.29) is 0 Å². The zero-order valence-corrected chi connectivity index (χ0v) is 11.8. The van der Waals surface area contributed by atoms with Gasteiger partial charge >= 0.3 is 0 Å². The van der Waals surface area contributed by atoms with E-state index in [0.717, 1.165) is 22.3 Å². The molecule has 0 amide bonds. The molecular formula is C20H16. The van der Waals surface area contributed by atoms with Gasteiger partial charge in [-0.05, 0) is 38.1 Å². The Bertz CT molecular complexity index is 646. The third-order valence-corrected chi connectivity index (χ3v) is 2.90. The lowest BCUT2D eigenvalue weighted by Gasteiger charge is -1.92. The molecule has 2 aromatic carbocycles. The Labute approximate surface area is 121 Å². The molecule has 0 heterocycles. The molecule has 0 nitrogen and oxygen atoms in total. The minimum absolute atomic E-state index is 1.01. The van der Waals surface area contributed by atoms with Gasteiger partial charge in [0.15, 0.2) is 0 Å². The third-order valence-electron chi connectivity index (χ3n) is 2.90. The van der Waals surface area contributed by atoms with Crippen LogP contribution in [-0.2, 0) is 0 Å². The van der Waals surface area contributed by atoms with Crippen LogP contribution in [0.1, 0.15) is 25.0 Å². The largest absolute Gasteiger partial charge is 0.0655 e. The molecule has 0 aliphatic heterocycles. The molecule has 0 N–H and O–H groups in total. The van der Waals surface area contributed by atoms with Gasteiger partial charge in [0, 0.05) is 22.3 Å². The lowest BCUT2D eigenvalue weighted by Crippen LogP contribution is -1.79. The highest BCUT2D eigenvalue weighted by atomic mass is 13.9. The first-order valence-electron chi connectivity index (χ1n) is 6.57. The van der Waals surface area contributed by atoms with Gasteiger partial charge in [0.2, 0.25) is 0 Å². The minimum atomic E-state index is 1.01. The summed E-state index contributed by atoms with van der Waals surface area (Å²) in [6, 6.07) is 20.0. The van der Waals surface area contributed by atoms with Gasteiger partial charge in [0.1, 0.15) is 0 Å². The van der Waals surface area contributed by atoms with Crippen LogP contribution in [0, 0.1) is 23.7 Å². The molecule has 0 fully saturated rings. The monoisotopic (exact) mass is 256 g/mol. The Balaban J connectivity index is 2.17. The van der Waals surface area contributed by atoms with E-state index in [9.17, 15) is 0 Å². The molecule has 0 unspecified atom stereocenters. The first-order chi connectivity index (χ1) is 9.75. The van der Waals surface area contributed by atoms with Gasteiger partial charge in [0.25, 0.3) is 0 Å². The third kappa shape index (κ3) is 4.20. The normalized spacial score (nSPS) is 10.5. The standard InChI is InChI=1S/C20H16/c1-17(13-15-19-9-5-3-6-10-19)18(2)14-16-20-11-7-4-8-12-20/h3-12H,1-2H3/b18-17+. The van der Waals surface area contributed by atoms with E-state index in [2.05, 4.69) is 23.7 Å². The molecule has 0 aliphatic carbocycles. The van der Waals surface area contributed by atoms with E-state index in [4.69, 9.17) is 0 Å². The molecule has 0 aromatic heterocycles. The van der Waals surface area contributed by atoms with Crippen LogP contribution in [0.4, 0.5) is 0 Å². The van der Waals surface area contributed by atoms with Crippen molar-refractivity contribution in [3.05, 3.63) is 82.9 Å². The lowest BCUT2D eigenvalue weighted by molar-refractivity contribution is 1.43. The quantitative estimate of drug-likeness (QED) is 0.612. The Morgan fingerprint density at radius 2 is 0.950 bits per heavy atom. The second-order valence-electron chi connectivity index (χ2n) is 4.48. The van der Waals surface area contributed by atoms with Gasteiger partial charge in [0.05, 0.1) is 0 Å². The SMILES string of the molecule is C/C(C#Cc1ccccc1)=C(/C)C#Cc1ccccc1. The lowest BCUT2D eigenvalue weighted by atomic mass is 10.1. The Morgan fingerprint density at radius 3 is 1.30 bits per heavy atom. The number of rotatable bonds is 0. The maximum Gasteiger partial charge on any atom is 0.0248 e. The van der Waals surface area contributed by atoms with Crippen molar-refractivity contribution in [3.8, 4) is 23.7 Å². The molecule has 0 heteroatoms. The molecule has 0 aliphatic rings. The summed E-state index contributed by atoms with van der Waals surface area (Å²) in [7, 11) is 0. The summed E-state index contributed by atoms with van der Waals surface area (Å²) in [5, 5.41) is 0. The number of hydrogen-bond acceptors (Lipinski definition) is 0. The molecule has 2 rings (SSSR count).